The molecule has 0 aromatic heterocycles. The van der Waals surface area contributed by atoms with Gasteiger partial charge in [0.25, 0.3) is 0 Å². The number of hydrogen-bond acceptors (Lipinski definition) is 2. The van der Waals surface area contributed by atoms with Crippen molar-refractivity contribution in [2.45, 2.75) is 31.7 Å². The van der Waals surface area contributed by atoms with Gasteiger partial charge in [-0.25, -0.2) is 0 Å². The maximum Gasteiger partial charge on any atom is 0.238 e. The van der Waals surface area contributed by atoms with E-state index in [2.05, 4.69) is 5.32 Å². The van der Waals surface area contributed by atoms with Crippen molar-refractivity contribution in [3.05, 3.63) is 0 Å². The van der Waals surface area contributed by atoms with E-state index in [-0.39, 0.29) is 11.9 Å². The number of nitrogens with zero attached hydrogens (tertiary/aromatic N) is 1. The van der Waals surface area contributed by atoms with E-state index >= 15 is 0 Å². The minimum absolute atomic E-state index is 0.0876. The smallest absolute Gasteiger partial charge is 0.238 e. The normalized spacial score (nSPS) is 15.5. The van der Waals surface area contributed by atoms with E-state index in [0.29, 0.717) is 0 Å². The number of carbonyl (C=O) groups excluding carboxylic acids is 1. The van der Waals surface area contributed by atoms with Crippen LogP contribution in [-0.4, -0.2) is 42.9 Å². The maximum absolute atomic E-state index is 11.2. The largest absolute Gasteiger partial charge is 0.351 e. The first kappa shape index (κ1) is 12.7. The summed E-state index contributed by atoms with van der Waals surface area (Å²) in [7, 11) is 3.97. The Bertz CT molecular complexity index is 160. The predicted molar refractivity (Wildman–Crippen MR) is 56.1 cm³/mol. The van der Waals surface area contributed by atoms with Crippen molar-refractivity contribution < 1.29 is 4.79 Å². The molecule has 13 heavy (non-hydrogen) atoms. The summed E-state index contributed by atoms with van der Waals surface area (Å²) in [5.74, 6) is -0.0876. The minimum Gasteiger partial charge on any atom is -0.351 e. The molecule has 0 aliphatic carbocycles. The van der Waals surface area contributed by atoms with Gasteiger partial charge in [0.1, 0.15) is 5.38 Å². The standard InChI is InChI=1S/C9H19ClN2O/c1-5-8(6-12(3)4)11-9(13)7(2)10/h7-8H,5-6H2,1-4H3,(H,11,13). The van der Waals surface area contributed by atoms with Gasteiger partial charge in [-0.15, -0.1) is 11.6 Å². The van der Waals surface area contributed by atoms with Crippen molar-refractivity contribution in [1.82, 2.24) is 10.2 Å². The van der Waals surface area contributed by atoms with Gasteiger partial charge in [0.05, 0.1) is 0 Å². The highest BCUT2D eigenvalue weighted by Gasteiger charge is 2.14. The summed E-state index contributed by atoms with van der Waals surface area (Å²) in [6, 6.07) is 0.198. The fourth-order valence-corrected chi connectivity index (χ4v) is 1.10. The number of amides is 1. The minimum atomic E-state index is -0.448. The zero-order valence-electron chi connectivity index (χ0n) is 8.80. The van der Waals surface area contributed by atoms with E-state index in [1.54, 1.807) is 6.92 Å². The van der Waals surface area contributed by atoms with Gasteiger partial charge >= 0.3 is 0 Å². The third-order valence-electron chi connectivity index (χ3n) is 1.79. The molecule has 0 saturated carbocycles. The van der Waals surface area contributed by atoms with Gasteiger partial charge in [-0.05, 0) is 27.4 Å². The summed E-state index contributed by atoms with van der Waals surface area (Å²) in [6.07, 6.45) is 0.924. The number of likely N-dealkylation sites (N-methyl/N-ethyl adjacent to an activating group) is 1. The molecule has 4 heteroatoms. The Hall–Kier alpha value is -0.280. The number of nitrogens with one attached hydrogen (secondary N) is 1. The lowest BCUT2D eigenvalue weighted by molar-refractivity contribution is -0.121. The lowest BCUT2D eigenvalue weighted by Gasteiger charge is -2.21. The van der Waals surface area contributed by atoms with Crippen molar-refractivity contribution >= 4 is 17.5 Å². The van der Waals surface area contributed by atoms with Crippen LogP contribution in [0.3, 0.4) is 0 Å². The highest BCUT2D eigenvalue weighted by molar-refractivity contribution is 6.30. The van der Waals surface area contributed by atoms with Crippen LogP contribution in [0.2, 0.25) is 0 Å². The molecule has 3 nitrogen and oxygen atoms in total. The molecule has 2 unspecified atom stereocenters. The van der Waals surface area contributed by atoms with Gasteiger partial charge < -0.3 is 10.2 Å². The topological polar surface area (TPSA) is 32.3 Å². The zero-order valence-corrected chi connectivity index (χ0v) is 9.56. The predicted octanol–water partition coefficient (Wildman–Crippen LogP) is 1.07. The second-order valence-corrected chi connectivity index (χ2v) is 4.15. The summed E-state index contributed by atoms with van der Waals surface area (Å²) in [5, 5.41) is 2.44. The number of alkyl halides is 1. The van der Waals surface area contributed by atoms with E-state index < -0.39 is 5.38 Å². The molecule has 0 aromatic carbocycles. The van der Waals surface area contributed by atoms with Crippen LogP contribution in [0, 0.1) is 0 Å². The molecule has 2 atom stereocenters. The maximum atomic E-state index is 11.2. The summed E-state index contributed by atoms with van der Waals surface area (Å²) in [4.78, 5) is 13.3. The van der Waals surface area contributed by atoms with Crippen LogP contribution in [0.5, 0.6) is 0 Å². The van der Waals surface area contributed by atoms with Crippen LogP contribution >= 0.6 is 11.6 Å². The molecule has 0 fully saturated rings. The van der Waals surface area contributed by atoms with Crippen LogP contribution in [-0.2, 0) is 4.79 Å². The highest BCUT2D eigenvalue weighted by Crippen LogP contribution is 1.97. The Labute approximate surface area is 85.4 Å². The Balaban J connectivity index is 3.90. The first-order valence-corrected chi connectivity index (χ1v) is 5.00. The molecule has 0 radical (unpaired) electrons. The molecule has 0 bridgehead atoms. The molecule has 0 heterocycles. The molecule has 1 amide bonds. The lowest BCUT2D eigenvalue weighted by atomic mass is 10.2. The molecule has 0 aromatic rings. The van der Waals surface area contributed by atoms with Crippen LogP contribution in [0.4, 0.5) is 0 Å². The Kier molecular flexibility index (Phi) is 6.08. The average Bonchev–Trinajstić information content (AvgIpc) is 2.02. The lowest BCUT2D eigenvalue weighted by Crippen LogP contribution is -2.43. The fraction of sp³-hybridized carbons (Fsp3) is 0.889. The molecule has 0 aliphatic heterocycles. The number of carbonyl (C=O) groups is 1. The number of hydrogen-bond donors (Lipinski definition) is 1. The summed E-state index contributed by atoms with van der Waals surface area (Å²) in [5.41, 5.74) is 0. The Morgan fingerprint density at radius 3 is 2.38 bits per heavy atom. The molecule has 0 spiro atoms. The molecule has 78 valence electrons. The molecule has 1 N–H and O–H groups in total. The zero-order chi connectivity index (χ0) is 10.4. The molecule has 0 rings (SSSR count). The van der Waals surface area contributed by atoms with E-state index in [0.717, 1.165) is 13.0 Å². The van der Waals surface area contributed by atoms with Crippen LogP contribution < -0.4 is 5.32 Å². The number of halogens is 1. The third-order valence-corrected chi connectivity index (χ3v) is 1.98. The van der Waals surface area contributed by atoms with Crippen LogP contribution in [0.15, 0.2) is 0 Å². The summed E-state index contributed by atoms with van der Waals surface area (Å²) < 4.78 is 0. The summed E-state index contributed by atoms with van der Waals surface area (Å²) in [6.45, 7) is 4.58. The highest BCUT2D eigenvalue weighted by atomic mass is 35.5. The number of rotatable bonds is 5. The Morgan fingerprint density at radius 2 is 2.08 bits per heavy atom. The summed E-state index contributed by atoms with van der Waals surface area (Å²) >= 11 is 5.64. The molecular formula is C9H19ClN2O. The monoisotopic (exact) mass is 206 g/mol. The van der Waals surface area contributed by atoms with Crippen molar-refractivity contribution in [2.24, 2.45) is 0 Å². The second-order valence-electron chi connectivity index (χ2n) is 3.49. The van der Waals surface area contributed by atoms with E-state index in [1.807, 2.05) is 25.9 Å². The van der Waals surface area contributed by atoms with Crippen LogP contribution in [0.1, 0.15) is 20.3 Å². The molecular weight excluding hydrogens is 188 g/mol. The first-order valence-electron chi connectivity index (χ1n) is 4.56. The van der Waals surface area contributed by atoms with Gasteiger partial charge in [-0.3, -0.25) is 4.79 Å². The van der Waals surface area contributed by atoms with Gasteiger partial charge in [-0.1, -0.05) is 6.92 Å². The quantitative estimate of drug-likeness (QED) is 0.683. The third kappa shape index (κ3) is 5.88. The van der Waals surface area contributed by atoms with E-state index in [1.165, 1.54) is 0 Å². The molecule has 0 saturated heterocycles. The van der Waals surface area contributed by atoms with Crippen molar-refractivity contribution in [2.75, 3.05) is 20.6 Å². The molecule has 0 aliphatic rings. The van der Waals surface area contributed by atoms with Crippen LogP contribution in [0.25, 0.3) is 0 Å². The first-order chi connectivity index (χ1) is 5.97. The van der Waals surface area contributed by atoms with E-state index in [9.17, 15) is 4.79 Å². The van der Waals surface area contributed by atoms with Gasteiger partial charge in [0.15, 0.2) is 0 Å². The Morgan fingerprint density at radius 1 is 1.54 bits per heavy atom. The second kappa shape index (κ2) is 6.22. The van der Waals surface area contributed by atoms with Crippen molar-refractivity contribution in [1.29, 1.82) is 0 Å². The van der Waals surface area contributed by atoms with Crippen molar-refractivity contribution in [3.8, 4) is 0 Å². The van der Waals surface area contributed by atoms with Gasteiger partial charge in [0, 0.05) is 12.6 Å². The van der Waals surface area contributed by atoms with E-state index in [4.69, 9.17) is 11.6 Å². The SMILES string of the molecule is CCC(CN(C)C)NC(=O)C(C)Cl. The van der Waals surface area contributed by atoms with Gasteiger partial charge in [-0.2, -0.15) is 0 Å². The average molecular weight is 207 g/mol. The van der Waals surface area contributed by atoms with Crippen molar-refractivity contribution in [3.63, 3.8) is 0 Å². The fourth-order valence-electron chi connectivity index (χ4n) is 1.03. The van der Waals surface area contributed by atoms with Gasteiger partial charge in [0.2, 0.25) is 5.91 Å².